The average Bonchev–Trinajstić information content (AvgIpc) is 3.10. The monoisotopic (exact) mass is 610 g/mol. The predicted octanol–water partition coefficient (Wildman–Crippen LogP) is 8.41. The van der Waals surface area contributed by atoms with E-state index in [0.717, 1.165) is 23.8 Å². The second kappa shape index (κ2) is 15.5. The highest BCUT2D eigenvalue weighted by atomic mass is 31.1. The third-order valence-electron chi connectivity index (χ3n) is 7.47. The van der Waals surface area contributed by atoms with Gasteiger partial charge in [-0.25, -0.2) is 0 Å². The predicted molar refractivity (Wildman–Crippen MR) is 189 cm³/mol. The van der Waals surface area contributed by atoms with Gasteiger partial charge in [0.15, 0.2) is 0 Å². The first-order valence-corrected chi connectivity index (χ1v) is 18.1. The Morgan fingerprint density at radius 3 is 1.05 bits per heavy atom. The molecule has 0 heterocycles. The first-order valence-electron chi connectivity index (χ1n) is 15.0. The maximum absolute atomic E-state index is 6.50. The maximum atomic E-state index is 6.50. The Morgan fingerprint density at radius 2 is 0.659 bits per heavy atom. The van der Waals surface area contributed by atoms with Crippen molar-refractivity contribution < 1.29 is 9.47 Å². The summed E-state index contributed by atoms with van der Waals surface area (Å²) in [6.07, 6.45) is 2.08. The second-order valence-corrected chi connectivity index (χ2v) is 15.1. The van der Waals surface area contributed by atoms with Crippen LogP contribution < -0.4 is 30.7 Å². The molecular formula is C40H36O2P2. The molecule has 0 aliphatic carbocycles. The van der Waals surface area contributed by atoms with Gasteiger partial charge in [0.2, 0.25) is 0 Å². The number of hydrogen-bond acceptors (Lipinski definition) is 2. The van der Waals surface area contributed by atoms with Crippen molar-refractivity contribution in [3.05, 3.63) is 181 Å². The first-order chi connectivity index (χ1) is 21.8. The highest BCUT2D eigenvalue weighted by Crippen LogP contribution is 2.44. The molecule has 4 heteroatoms. The molecule has 0 bridgehead atoms. The molecule has 2 atom stereocenters. The molecule has 0 N–H and O–H groups in total. The lowest BCUT2D eigenvalue weighted by atomic mass is 10.2. The lowest BCUT2D eigenvalue weighted by molar-refractivity contribution is 0.309. The van der Waals surface area contributed by atoms with E-state index in [-0.39, 0.29) is 0 Å². The number of para-hydroxylation sites is 2. The Labute approximate surface area is 263 Å². The van der Waals surface area contributed by atoms with Crippen LogP contribution in [0.4, 0.5) is 0 Å². The van der Waals surface area contributed by atoms with E-state index in [1.807, 2.05) is 12.1 Å². The van der Waals surface area contributed by atoms with E-state index in [9.17, 15) is 0 Å². The third kappa shape index (κ3) is 7.83. The summed E-state index contributed by atoms with van der Waals surface area (Å²) in [4.78, 5) is 0. The fraction of sp³-hybridized carbons (Fsp3) is 0.100. The van der Waals surface area contributed by atoms with Gasteiger partial charge in [0.1, 0.15) is 24.7 Å². The Morgan fingerprint density at radius 1 is 0.341 bits per heavy atom. The highest BCUT2D eigenvalue weighted by molar-refractivity contribution is 7.76. The number of ether oxygens (including phenoxy) is 2. The van der Waals surface area contributed by atoms with Crippen molar-refractivity contribution in [1.82, 2.24) is 0 Å². The molecule has 0 amide bonds. The molecule has 6 aromatic rings. The van der Waals surface area contributed by atoms with Crippen molar-refractivity contribution in [3.8, 4) is 11.5 Å². The Balaban J connectivity index is 1.31. The van der Waals surface area contributed by atoms with Crippen LogP contribution in [-0.4, -0.2) is 12.3 Å². The second-order valence-electron chi connectivity index (χ2n) is 10.5. The number of rotatable bonds is 13. The SMILES string of the molecule is c1ccc(COc2ccccc2[P@](CC[P@@](c2ccccc2)c2ccccc2OCc2ccccc2)c2ccccc2)cc1. The molecule has 2 nitrogen and oxygen atoms in total. The Bertz CT molecular complexity index is 1580. The van der Waals surface area contributed by atoms with Gasteiger partial charge >= 0.3 is 0 Å². The van der Waals surface area contributed by atoms with Gasteiger partial charge in [-0.1, -0.05) is 158 Å². The molecule has 0 radical (unpaired) electrons. The summed E-state index contributed by atoms with van der Waals surface area (Å²) >= 11 is 0. The van der Waals surface area contributed by atoms with Gasteiger partial charge in [-0.05, 0) is 62.0 Å². The Kier molecular flexibility index (Phi) is 10.5. The van der Waals surface area contributed by atoms with Gasteiger partial charge in [0.25, 0.3) is 0 Å². The zero-order valence-corrected chi connectivity index (χ0v) is 26.5. The molecule has 0 spiro atoms. The summed E-state index contributed by atoms with van der Waals surface area (Å²) in [5.41, 5.74) is 2.34. The topological polar surface area (TPSA) is 18.5 Å². The molecule has 0 saturated heterocycles. The van der Waals surface area contributed by atoms with Gasteiger partial charge in [-0.2, -0.15) is 0 Å². The van der Waals surface area contributed by atoms with Crippen molar-refractivity contribution in [3.63, 3.8) is 0 Å². The minimum absolute atomic E-state index is 0.554. The van der Waals surface area contributed by atoms with Crippen LogP contribution in [-0.2, 0) is 13.2 Å². The van der Waals surface area contributed by atoms with Crippen LogP contribution in [0.25, 0.3) is 0 Å². The lowest BCUT2D eigenvalue weighted by Crippen LogP contribution is -2.22. The summed E-state index contributed by atoms with van der Waals surface area (Å²) in [7, 11) is -1.34. The van der Waals surface area contributed by atoms with Crippen LogP contribution in [0.3, 0.4) is 0 Å². The van der Waals surface area contributed by atoms with E-state index in [0.29, 0.717) is 13.2 Å². The number of benzene rings is 6. The number of hydrogen-bond donors (Lipinski definition) is 0. The minimum Gasteiger partial charge on any atom is -0.488 e. The van der Waals surface area contributed by atoms with Crippen LogP contribution in [0.2, 0.25) is 0 Å². The summed E-state index contributed by atoms with van der Waals surface area (Å²) in [5, 5.41) is 5.33. The van der Waals surface area contributed by atoms with E-state index >= 15 is 0 Å². The van der Waals surface area contributed by atoms with Crippen LogP contribution in [0.15, 0.2) is 170 Å². The molecule has 0 saturated carbocycles. The molecule has 6 rings (SSSR count). The molecule has 0 aliphatic rings. The molecule has 44 heavy (non-hydrogen) atoms. The van der Waals surface area contributed by atoms with Crippen LogP contribution in [0.5, 0.6) is 11.5 Å². The minimum atomic E-state index is -0.669. The zero-order valence-electron chi connectivity index (χ0n) is 24.7. The van der Waals surface area contributed by atoms with Gasteiger partial charge in [-0.3, -0.25) is 0 Å². The summed E-state index contributed by atoms with van der Waals surface area (Å²) < 4.78 is 13.0. The van der Waals surface area contributed by atoms with Gasteiger partial charge < -0.3 is 9.47 Å². The van der Waals surface area contributed by atoms with Crippen LogP contribution in [0, 0.1) is 0 Å². The zero-order chi connectivity index (χ0) is 29.8. The molecular weight excluding hydrogens is 574 g/mol. The standard InChI is InChI=1S/C40H36O2P2/c1-5-17-33(18-6-1)31-41-37-25-13-15-27-39(37)43(35-21-9-3-10-22-35)29-30-44(36-23-11-4-12-24-36)40-28-16-14-26-38(40)42-32-34-19-7-2-8-20-34/h1-28H,29-32H2/t43-,44+. The van der Waals surface area contributed by atoms with Crippen molar-refractivity contribution in [2.45, 2.75) is 13.2 Å². The fourth-order valence-electron chi connectivity index (χ4n) is 5.27. The first kappa shape index (κ1) is 29.8. The molecule has 0 aliphatic heterocycles. The van der Waals surface area contributed by atoms with Crippen molar-refractivity contribution in [1.29, 1.82) is 0 Å². The summed E-state index contributed by atoms with van der Waals surface area (Å²) in [6.45, 7) is 1.11. The molecule has 0 fully saturated rings. The quantitative estimate of drug-likeness (QED) is 0.122. The lowest BCUT2D eigenvalue weighted by Gasteiger charge is -2.26. The van der Waals surface area contributed by atoms with E-state index in [2.05, 4.69) is 158 Å². The molecule has 218 valence electrons. The average molecular weight is 611 g/mol. The van der Waals surface area contributed by atoms with Gasteiger partial charge in [0.05, 0.1) is 0 Å². The maximum Gasteiger partial charge on any atom is 0.127 e. The van der Waals surface area contributed by atoms with E-state index < -0.39 is 15.8 Å². The van der Waals surface area contributed by atoms with Crippen molar-refractivity contribution in [2.24, 2.45) is 0 Å². The molecule has 6 aromatic carbocycles. The molecule has 0 aromatic heterocycles. The van der Waals surface area contributed by atoms with Crippen molar-refractivity contribution >= 4 is 37.1 Å². The Hall–Kier alpha value is -4.22. The van der Waals surface area contributed by atoms with Crippen molar-refractivity contribution in [2.75, 3.05) is 12.3 Å². The van der Waals surface area contributed by atoms with Gasteiger partial charge in [-0.15, -0.1) is 0 Å². The van der Waals surface area contributed by atoms with Gasteiger partial charge in [0, 0.05) is 10.6 Å². The van der Waals surface area contributed by atoms with Crippen LogP contribution in [0.1, 0.15) is 11.1 Å². The summed E-state index contributed by atoms with van der Waals surface area (Å²) in [6, 6.07) is 60.0. The van der Waals surface area contributed by atoms with E-state index in [1.54, 1.807) is 0 Å². The normalized spacial score (nSPS) is 12.3. The van der Waals surface area contributed by atoms with Crippen LogP contribution >= 0.6 is 15.8 Å². The summed E-state index contributed by atoms with van der Waals surface area (Å²) in [5.74, 6) is 1.95. The largest absolute Gasteiger partial charge is 0.488 e. The van der Waals surface area contributed by atoms with E-state index in [1.165, 1.54) is 32.3 Å². The smallest absolute Gasteiger partial charge is 0.127 e. The highest BCUT2D eigenvalue weighted by Gasteiger charge is 2.23. The molecule has 0 unspecified atom stereocenters. The van der Waals surface area contributed by atoms with E-state index in [4.69, 9.17) is 9.47 Å². The fourth-order valence-corrected chi connectivity index (χ4v) is 10.8. The third-order valence-corrected chi connectivity index (χ3v) is 12.9.